The minimum absolute atomic E-state index is 0.296. The van der Waals surface area contributed by atoms with Gasteiger partial charge in [-0.25, -0.2) is 0 Å². The predicted octanol–water partition coefficient (Wildman–Crippen LogP) is 2.09. The molecule has 0 saturated carbocycles. The molecule has 0 unspecified atom stereocenters. The number of hydrogen-bond donors (Lipinski definition) is 2. The number of rotatable bonds is 4. The van der Waals surface area contributed by atoms with Gasteiger partial charge in [0, 0.05) is 5.69 Å². The number of aliphatic carboxylic acids is 1. The van der Waals surface area contributed by atoms with E-state index in [4.69, 9.17) is 0 Å². The lowest BCUT2D eigenvalue weighted by atomic mass is 9.85. The molecule has 2 aromatic rings. The van der Waals surface area contributed by atoms with Crippen LogP contribution in [-0.4, -0.2) is 27.2 Å². The molecular formula is C15H15N3O3. The van der Waals surface area contributed by atoms with E-state index >= 15 is 0 Å². The summed E-state index contributed by atoms with van der Waals surface area (Å²) < 4.78 is 0. The van der Waals surface area contributed by atoms with Crippen molar-refractivity contribution in [2.75, 3.05) is 5.32 Å². The van der Waals surface area contributed by atoms with Crippen LogP contribution in [0.3, 0.4) is 0 Å². The first-order valence-corrected chi connectivity index (χ1v) is 6.33. The van der Waals surface area contributed by atoms with Crippen LogP contribution < -0.4 is 5.32 Å². The van der Waals surface area contributed by atoms with Gasteiger partial charge in [-0.3, -0.25) is 9.59 Å². The van der Waals surface area contributed by atoms with Crippen LogP contribution in [0.25, 0.3) is 0 Å². The number of carbonyl (C=O) groups excluding carboxylic acids is 1. The maximum Gasteiger partial charge on any atom is 0.313 e. The van der Waals surface area contributed by atoms with Crippen molar-refractivity contribution >= 4 is 17.6 Å². The minimum atomic E-state index is -0.975. The molecule has 1 aromatic heterocycles. The molecule has 6 nitrogen and oxygen atoms in total. The second-order valence-corrected chi connectivity index (χ2v) is 5.09. The van der Waals surface area contributed by atoms with E-state index in [1.54, 1.807) is 44.2 Å². The lowest BCUT2D eigenvalue weighted by Crippen LogP contribution is -2.28. The van der Waals surface area contributed by atoms with Gasteiger partial charge < -0.3 is 10.4 Å². The molecule has 0 fully saturated rings. The number of amides is 1. The van der Waals surface area contributed by atoms with Crippen LogP contribution in [0.5, 0.6) is 0 Å². The fourth-order valence-corrected chi connectivity index (χ4v) is 1.72. The van der Waals surface area contributed by atoms with Crippen molar-refractivity contribution in [1.29, 1.82) is 0 Å². The second-order valence-electron chi connectivity index (χ2n) is 5.09. The summed E-state index contributed by atoms with van der Waals surface area (Å²) in [5.74, 6) is -1.20. The maximum absolute atomic E-state index is 11.9. The van der Waals surface area contributed by atoms with Gasteiger partial charge in [-0.1, -0.05) is 12.1 Å². The van der Waals surface area contributed by atoms with E-state index in [2.05, 4.69) is 15.5 Å². The number of carbonyl (C=O) groups is 2. The van der Waals surface area contributed by atoms with E-state index in [-0.39, 0.29) is 5.91 Å². The average Bonchev–Trinajstić information content (AvgIpc) is 2.48. The summed E-state index contributed by atoms with van der Waals surface area (Å²) in [7, 11) is 0. The van der Waals surface area contributed by atoms with Gasteiger partial charge in [0.15, 0.2) is 0 Å². The van der Waals surface area contributed by atoms with Crippen molar-refractivity contribution < 1.29 is 14.7 Å². The van der Waals surface area contributed by atoms with Crippen LogP contribution in [0, 0.1) is 0 Å². The smallest absolute Gasteiger partial charge is 0.313 e. The van der Waals surface area contributed by atoms with Gasteiger partial charge >= 0.3 is 5.97 Å². The van der Waals surface area contributed by atoms with Crippen molar-refractivity contribution in [1.82, 2.24) is 10.2 Å². The molecule has 0 bridgehead atoms. The molecular weight excluding hydrogens is 270 g/mol. The largest absolute Gasteiger partial charge is 0.481 e. The fourth-order valence-electron chi connectivity index (χ4n) is 1.72. The van der Waals surface area contributed by atoms with Crippen molar-refractivity contribution in [2.24, 2.45) is 0 Å². The molecule has 0 radical (unpaired) electrons. The summed E-state index contributed by atoms with van der Waals surface area (Å²) in [5.41, 5.74) is 0.678. The molecule has 2 N–H and O–H groups in total. The first kappa shape index (κ1) is 14.6. The number of carboxylic acid groups (broad SMARTS) is 1. The molecule has 1 amide bonds. The molecule has 108 valence electrons. The SMILES string of the molecule is CC(C)(C(=O)O)c1ccc(NC(=O)c2ccnnc2)cc1. The molecule has 0 aliphatic rings. The van der Waals surface area contributed by atoms with E-state index in [0.29, 0.717) is 16.8 Å². The third-order valence-corrected chi connectivity index (χ3v) is 3.25. The number of nitrogens with one attached hydrogen (secondary N) is 1. The number of benzene rings is 1. The van der Waals surface area contributed by atoms with Crippen LogP contribution in [0.1, 0.15) is 29.8 Å². The number of hydrogen-bond acceptors (Lipinski definition) is 4. The Hall–Kier alpha value is -2.76. The summed E-state index contributed by atoms with van der Waals surface area (Å²) in [4.78, 5) is 23.1. The second kappa shape index (κ2) is 5.70. The first-order chi connectivity index (χ1) is 9.91. The third kappa shape index (κ3) is 3.22. The van der Waals surface area contributed by atoms with Gasteiger partial charge in [0.2, 0.25) is 0 Å². The summed E-state index contributed by atoms with van der Waals surface area (Å²) in [6, 6.07) is 8.28. The zero-order valence-corrected chi connectivity index (χ0v) is 11.7. The van der Waals surface area contributed by atoms with Crippen molar-refractivity contribution in [2.45, 2.75) is 19.3 Å². The van der Waals surface area contributed by atoms with E-state index in [9.17, 15) is 14.7 Å². The number of nitrogens with zero attached hydrogens (tertiary/aromatic N) is 2. The molecule has 0 aliphatic heterocycles. The first-order valence-electron chi connectivity index (χ1n) is 6.33. The van der Waals surface area contributed by atoms with Gasteiger partial charge in [-0.2, -0.15) is 10.2 Å². The molecule has 0 saturated heterocycles. The van der Waals surface area contributed by atoms with Crippen LogP contribution >= 0.6 is 0 Å². The molecule has 21 heavy (non-hydrogen) atoms. The standard InChI is InChI=1S/C15H15N3O3/c1-15(2,14(20)21)11-3-5-12(6-4-11)18-13(19)10-7-8-16-17-9-10/h3-9H,1-2H3,(H,18,19)(H,20,21). The third-order valence-electron chi connectivity index (χ3n) is 3.25. The zero-order valence-electron chi connectivity index (χ0n) is 11.7. The van der Waals surface area contributed by atoms with Gasteiger partial charge in [0.1, 0.15) is 0 Å². The summed E-state index contributed by atoms with van der Waals surface area (Å²) in [6.45, 7) is 3.26. The lowest BCUT2D eigenvalue weighted by Gasteiger charge is -2.19. The Labute approximate surface area is 121 Å². The Morgan fingerprint density at radius 1 is 1.10 bits per heavy atom. The van der Waals surface area contributed by atoms with Crippen molar-refractivity contribution in [3.8, 4) is 0 Å². The zero-order chi connectivity index (χ0) is 15.5. The van der Waals surface area contributed by atoms with E-state index < -0.39 is 11.4 Å². The molecule has 0 spiro atoms. The topological polar surface area (TPSA) is 92.2 Å². The van der Waals surface area contributed by atoms with Crippen LogP contribution in [-0.2, 0) is 10.2 Å². The Balaban J connectivity index is 2.14. The van der Waals surface area contributed by atoms with Crippen LogP contribution in [0.15, 0.2) is 42.7 Å². The maximum atomic E-state index is 11.9. The Morgan fingerprint density at radius 2 is 1.76 bits per heavy atom. The average molecular weight is 285 g/mol. The van der Waals surface area contributed by atoms with Gasteiger partial charge in [-0.05, 0) is 37.6 Å². The normalized spacial score (nSPS) is 11.0. The highest BCUT2D eigenvalue weighted by Crippen LogP contribution is 2.24. The van der Waals surface area contributed by atoms with E-state index in [1.165, 1.54) is 12.4 Å². The Morgan fingerprint density at radius 3 is 2.29 bits per heavy atom. The fraction of sp³-hybridized carbons (Fsp3) is 0.200. The highest BCUT2D eigenvalue weighted by Gasteiger charge is 2.29. The number of aromatic nitrogens is 2. The Kier molecular flexibility index (Phi) is 3.98. The van der Waals surface area contributed by atoms with Crippen molar-refractivity contribution in [3.05, 3.63) is 53.9 Å². The summed E-state index contributed by atoms with van der Waals surface area (Å²) in [5, 5.41) is 19.1. The highest BCUT2D eigenvalue weighted by atomic mass is 16.4. The quantitative estimate of drug-likeness (QED) is 0.897. The molecule has 1 heterocycles. The van der Waals surface area contributed by atoms with Crippen LogP contribution in [0.2, 0.25) is 0 Å². The summed E-state index contributed by atoms with van der Waals surface area (Å²) in [6.07, 6.45) is 2.81. The van der Waals surface area contributed by atoms with Gasteiger partial charge in [0.25, 0.3) is 5.91 Å². The van der Waals surface area contributed by atoms with E-state index in [1.807, 2.05) is 0 Å². The number of anilines is 1. The monoisotopic (exact) mass is 285 g/mol. The molecule has 6 heteroatoms. The summed E-state index contributed by atoms with van der Waals surface area (Å²) >= 11 is 0. The van der Waals surface area contributed by atoms with E-state index in [0.717, 1.165) is 0 Å². The molecule has 0 aliphatic carbocycles. The predicted molar refractivity (Wildman–Crippen MR) is 77.1 cm³/mol. The molecule has 2 rings (SSSR count). The molecule has 0 atom stereocenters. The van der Waals surface area contributed by atoms with Gasteiger partial charge in [-0.15, -0.1) is 0 Å². The minimum Gasteiger partial charge on any atom is -0.481 e. The van der Waals surface area contributed by atoms with Gasteiger partial charge in [0.05, 0.1) is 23.4 Å². The lowest BCUT2D eigenvalue weighted by molar-refractivity contribution is -0.142. The Bertz CT molecular complexity index is 652. The highest BCUT2D eigenvalue weighted by molar-refractivity contribution is 6.03. The number of carboxylic acids is 1. The molecule has 1 aromatic carbocycles. The van der Waals surface area contributed by atoms with Crippen LogP contribution in [0.4, 0.5) is 5.69 Å². The van der Waals surface area contributed by atoms with Crippen molar-refractivity contribution in [3.63, 3.8) is 0 Å².